The number of carbonyl (C=O) groups excluding carboxylic acids is 1. The highest BCUT2D eigenvalue weighted by atomic mass is 16.2. The van der Waals surface area contributed by atoms with E-state index in [1.807, 2.05) is 23.2 Å². The van der Waals surface area contributed by atoms with Gasteiger partial charge in [0.05, 0.1) is 11.9 Å². The van der Waals surface area contributed by atoms with Gasteiger partial charge >= 0.3 is 0 Å². The second-order valence-electron chi connectivity index (χ2n) is 6.30. The summed E-state index contributed by atoms with van der Waals surface area (Å²) in [4.78, 5) is 26.1. The number of aromatic nitrogens is 3. The van der Waals surface area contributed by atoms with E-state index < -0.39 is 0 Å². The molecule has 2 aromatic rings. The topological polar surface area (TPSA) is 73.9 Å². The smallest absolute Gasteiger partial charge is 0.255 e. The fourth-order valence-electron chi connectivity index (χ4n) is 2.97. The molecule has 0 radical (unpaired) electrons. The molecule has 0 saturated carbocycles. The molecule has 1 saturated heterocycles. The first-order chi connectivity index (χ1) is 11.1. The van der Waals surface area contributed by atoms with E-state index in [2.05, 4.69) is 34.1 Å². The maximum Gasteiger partial charge on any atom is 0.255 e. The lowest BCUT2D eigenvalue weighted by Gasteiger charge is -2.31. The van der Waals surface area contributed by atoms with Gasteiger partial charge in [-0.15, -0.1) is 0 Å². The number of rotatable bonds is 4. The van der Waals surface area contributed by atoms with Crippen LogP contribution in [0.2, 0.25) is 0 Å². The van der Waals surface area contributed by atoms with Gasteiger partial charge in [0, 0.05) is 43.1 Å². The SMILES string of the molecule is CC(C)Nc1ccc(C(=O)N2CCC(c3cnc[nH]3)CC2)cn1. The van der Waals surface area contributed by atoms with Gasteiger partial charge < -0.3 is 15.2 Å². The van der Waals surface area contributed by atoms with E-state index in [0.717, 1.165) is 31.7 Å². The molecule has 1 fully saturated rings. The minimum atomic E-state index is 0.0663. The Labute approximate surface area is 136 Å². The lowest BCUT2D eigenvalue weighted by Crippen LogP contribution is -2.38. The fraction of sp³-hybridized carbons (Fsp3) is 0.471. The Balaban J connectivity index is 1.58. The van der Waals surface area contributed by atoms with Crippen molar-refractivity contribution in [3.8, 4) is 0 Å². The Hall–Kier alpha value is -2.37. The zero-order chi connectivity index (χ0) is 16.2. The molecule has 2 aromatic heterocycles. The number of imidazole rings is 1. The molecular weight excluding hydrogens is 290 g/mol. The minimum Gasteiger partial charge on any atom is -0.368 e. The maximum absolute atomic E-state index is 12.6. The van der Waals surface area contributed by atoms with E-state index >= 15 is 0 Å². The molecule has 2 N–H and O–H groups in total. The first-order valence-electron chi connectivity index (χ1n) is 8.13. The number of H-pyrrole nitrogens is 1. The average molecular weight is 313 g/mol. The number of nitrogens with one attached hydrogen (secondary N) is 2. The molecule has 6 heteroatoms. The number of piperidine rings is 1. The van der Waals surface area contributed by atoms with Crippen LogP contribution in [-0.4, -0.2) is 44.9 Å². The van der Waals surface area contributed by atoms with Crippen LogP contribution in [0.1, 0.15) is 48.7 Å². The van der Waals surface area contributed by atoms with Crippen LogP contribution in [0.3, 0.4) is 0 Å². The van der Waals surface area contributed by atoms with Crippen LogP contribution in [-0.2, 0) is 0 Å². The van der Waals surface area contributed by atoms with Crippen molar-refractivity contribution in [3.63, 3.8) is 0 Å². The molecule has 6 nitrogen and oxygen atoms in total. The predicted octanol–water partition coefficient (Wildman–Crippen LogP) is 2.64. The van der Waals surface area contributed by atoms with Crippen molar-refractivity contribution < 1.29 is 4.79 Å². The second kappa shape index (κ2) is 6.81. The third-order valence-electron chi connectivity index (χ3n) is 4.19. The Morgan fingerprint density at radius 2 is 2.09 bits per heavy atom. The summed E-state index contributed by atoms with van der Waals surface area (Å²) in [7, 11) is 0. The fourth-order valence-corrected chi connectivity index (χ4v) is 2.97. The van der Waals surface area contributed by atoms with E-state index in [4.69, 9.17) is 0 Å². The van der Waals surface area contributed by atoms with Crippen LogP contribution in [0.15, 0.2) is 30.9 Å². The normalized spacial score (nSPS) is 15.9. The molecule has 122 valence electrons. The van der Waals surface area contributed by atoms with Crippen molar-refractivity contribution >= 4 is 11.7 Å². The number of aromatic amines is 1. The molecule has 3 rings (SSSR count). The van der Waals surface area contributed by atoms with Crippen LogP contribution in [0.5, 0.6) is 0 Å². The highest BCUT2D eigenvalue weighted by Crippen LogP contribution is 2.26. The summed E-state index contributed by atoms with van der Waals surface area (Å²) in [5.74, 6) is 1.34. The van der Waals surface area contributed by atoms with Gasteiger partial charge in [-0.2, -0.15) is 0 Å². The number of hydrogen-bond donors (Lipinski definition) is 2. The third-order valence-corrected chi connectivity index (χ3v) is 4.19. The molecule has 3 heterocycles. The third kappa shape index (κ3) is 3.70. The molecule has 0 unspecified atom stereocenters. The minimum absolute atomic E-state index is 0.0663. The molecule has 23 heavy (non-hydrogen) atoms. The van der Waals surface area contributed by atoms with Gasteiger partial charge in [-0.25, -0.2) is 9.97 Å². The number of pyridine rings is 1. The Morgan fingerprint density at radius 1 is 1.30 bits per heavy atom. The summed E-state index contributed by atoms with van der Waals surface area (Å²) in [5.41, 5.74) is 1.82. The van der Waals surface area contributed by atoms with E-state index in [1.165, 1.54) is 5.69 Å². The highest BCUT2D eigenvalue weighted by Gasteiger charge is 2.25. The average Bonchev–Trinajstić information content (AvgIpc) is 3.09. The lowest BCUT2D eigenvalue weighted by atomic mass is 9.94. The zero-order valence-electron chi connectivity index (χ0n) is 13.6. The predicted molar refractivity (Wildman–Crippen MR) is 89.5 cm³/mol. The quantitative estimate of drug-likeness (QED) is 0.910. The number of carbonyl (C=O) groups is 1. The lowest BCUT2D eigenvalue weighted by molar-refractivity contribution is 0.0712. The maximum atomic E-state index is 12.6. The van der Waals surface area contributed by atoms with Gasteiger partial charge in [-0.05, 0) is 38.8 Å². The van der Waals surface area contributed by atoms with Gasteiger partial charge in [0.1, 0.15) is 5.82 Å². The number of hydrogen-bond acceptors (Lipinski definition) is 4. The summed E-state index contributed by atoms with van der Waals surface area (Å²) in [6.07, 6.45) is 7.19. The van der Waals surface area contributed by atoms with Gasteiger partial charge in [0.2, 0.25) is 0 Å². The molecule has 0 aliphatic carbocycles. The van der Waals surface area contributed by atoms with Crippen LogP contribution in [0.4, 0.5) is 5.82 Å². The largest absolute Gasteiger partial charge is 0.368 e. The number of amides is 1. The van der Waals surface area contributed by atoms with Crippen LogP contribution in [0.25, 0.3) is 0 Å². The summed E-state index contributed by atoms with van der Waals surface area (Å²) in [6.45, 7) is 5.66. The molecule has 1 amide bonds. The van der Waals surface area contributed by atoms with Gasteiger partial charge in [-0.3, -0.25) is 4.79 Å². The van der Waals surface area contributed by atoms with Crippen LogP contribution < -0.4 is 5.32 Å². The van der Waals surface area contributed by atoms with E-state index in [0.29, 0.717) is 17.5 Å². The van der Waals surface area contributed by atoms with Crippen molar-refractivity contribution in [3.05, 3.63) is 42.1 Å². The Bertz CT molecular complexity index is 628. The summed E-state index contributed by atoms with van der Waals surface area (Å²) < 4.78 is 0. The van der Waals surface area contributed by atoms with Crippen molar-refractivity contribution in [2.75, 3.05) is 18.4 Å². The first-order valence-corrected chi connectivity index (χ1v) is 8.13. The Kier molecular flexibility index (Phi) is 4.60. The standard InChI is InChI=1S/C17H23N5O/c1-12(2)21-16-4-3-14(9-19-16)17(23)22-7-5-13(6-8-22)15-10-18-11-20-15/h3-4,9-13H,5-8H2,1-2H3,(H,18,20)(H,19,21). The summed E-state index contributed by atoms with van der Waals surface area (Å²) in [6, 6.07) is 4.04. The Morgan fingerprint density at radius 3 is 2.65 bits per heavy atom. The zero-order valence-corrected chi connectivity index (χ0v) is 13.6. The highest BCUT2D eigenvalue weighted by molar-refractivity contribution is 5.94. The van der Waals surface area contributed by atoms with Gasteiger partial charge in [0.25, 0.3) is 5.91 Å². The van der Waals surface area contributed by atoms with Crippen molar-refractivity contribution in [1.82, 2.24) is 19.9 Å². The van der Waals surface area contributed by atoms with Gasteiger partial charge in [-0.1, -0.05) is 0 Å². The van der Waals surface area contributed by atoms with Gasteiger partial charge in [0.15, 0.2) is 0 Å². The van der Waals surface area contributed by atoms with Crippen LogP contribution >= 0.6 is 0 Å². The molecule has 1 aliphatic rings. The number of nitrogens with zero attached hydrogens (tertiary/aromatic N) is 3. The number of likely N-dealkylation sites (tertiary alicyclic amines) is 1. The molecule has 0 atom stereocenters. The molecule has 0 aromatic carbocycles. The van der Waals surface area contributed by atoms with E-state index in [1.54, 1.807) is 12.5 Å². The molecule has 0 spiro atoms. The van der Waals surface area contributed by atoms with E-state index in [9.17, 15) is 4.79 Å². The molecule has 1 aliphatic heterocycles. The van der Waals surface area contributed by atoms with Crippen LogP contribution in [0, 0.1) is 0 Å². The van der Waals surface area contributed by atoms with E-state index in [-0.39, 0.29) is 5.91 Å². The monoisotopic (exact) mass is 313 g/mol. The van der Waals surface area contributed by atoms with Crippen molar-refractivity contribution in [2.45, 2.75) is 38.6 Å². The van der Waals surface area contributed by atoms with Crippen molar-refractivity contribution in [2.24, 2.45) is 0 Å². The molecule has 0 bridgehead atoms. The second-order valence-corrected chi connectivity index (χ2v) is 6.30. The summed E-state index contributed by atoms with van der Waals surface area (Å²) >= 11 is 0. The van der Waals surface area contributed by atoms with Crippen molar-refractivity contribution in [1.29, 1.82) is 0 Å². The number of anilines is 1. The summed E-state index contributed by atoms with van der Waals surface area (Å²) in [5, 5.41) is 3.23. The first kappa shape index (κ1) is 15.5. The molecular formula is C17H23N5O.